The number of H-pyrrole nitrogens is 1. The highest BCUT2D eigenvalue weighted by Crippen LogP contribution is 2.39. The highest BCUT2D eigenvalue weighted by Gasteiger charge is 2.17. The van der Waals surface area contributed by atoms with Crippen molar-refractivity contribution in [1.82, 2.24) is 9.97 Å². The summed E-state index contributed by atoms with van der Waals surface area (Å²) >= 11 is 0. The normalized spacial score (nSPS) is 10.7. The molecule has 6 nitrogen and oxygen atoms in total. The van der Waals surface area contributed by atoms with Crippen molar-refractivity contribution >= 4 is 33.2 Å². The molecule has 0 aliphatic rings. The van der Waals surface area contributed by atoms with Gasteiger partial charge in [0.25, 0.3) is 0 Å². The highest BCUT2D eigenvalue weighted by atomic mass is 16.5. The Hall–Kier alpha value is -3.72. The summed E-state index contributed by atoms with van der Waals surface area (Å²) in [6.45, 7) is 0. The Morgan fingerprint density at radius 2 is 1.88 bits per heavy atom. The first-order valence-corrected chi connectivity index (χ1v) is 8.03. The monoisotopic (exact) mass is 344 g/mol. The molecule has 0 bridgehead atoms. The third-order valence-corrected chi connectivity index (χ3v) is 4.33. The molecule has 0 atom stereocenters. The van der Waals surface area contributed by atoms with Crippen LogP contribution >= 0.6 is 0 Å². The molecule has 0 aliphatic carbocycles. The van der Waals surface area contributed by atoms with E-state index in [1.165, 1.54) is 0 Å². The fraction of sp³-hybridized carbons (Fsp3) is 0.100. The fourth-order valence-corrected chi connectivity index (χ4v) is 3.07. The lowest BCUT2D eigenvalue weighted by molar-refractivity contribution is 0.410. The molecule has 2 N–H and O–H groups in total. The van der Waals surface area contributed by atoms with Crippen molar-refractivity contribution < 1.29 is 9.47 Å². The maximum absolute atomic E-state index is 9.58. The molecule has 0 spiro atoms. The van der Waals surface area contributed by atoms with E-state index in [4.69, 9.17) is 9.47 Å². The Morgan fingerprint density at radius 1 is 1.08 bits per heavy atom. The van der Waals surface area contributed by atoms with E-state index >= 15 is 0 Å². The van der Waals surface area contributed by atoms with Gasteiger partial charge in [-0.3, -0.25) is 4.98 Å². The fourth-order valence-electron chi connectivity index (χ4n) is 3.07. The van der Waals surface area contributed by atoms with Crippen LogP contribution in [0.5, 0.6) is 11.5 Å². The standard InChI is InChI=1S/C20H16N4O2/c1-25-16-5-6-17(26-2)20-18(16)19(13(10-21)11-23-20)24-14-4-3-12-7-8-22-15(12)9-14/h3-9,11,22H,1-2H3,(H,23,24). The summed E-state index contributed by atoms with van der Waals surface area (Å²) < 4.78 is 10.9. The van der Waals surface area contributed by atoms with Crippen LogP contribution in [0.3, 0.4) is 0 Å². The molecule has 26 heavy (non-hydrogen) atoms. The number of nitrogens with one attached hydrogen (secondary N) is 2. The molecule has 2 heterocycles. The molecule has 0 saturated carbocycles. The minimum absolute atomic E-state index is 0.427. The minimum atomic E-state index is 0.427. The predicted molar refractivity (Wildman–Crippen MR) is 101 cm³/mol. The minimum Gasteiger partial charge on any atom is -0.496 e. The number of nitrogens with zero attached hydrogens (tertiary/aromatic N) is 2. The summed E-state index contributed by atoms with van der Waals surface area (Å²) in [6.07, 6.45) is 3.44. The molecule has 0 amide bonds. The third-order valence-electron chi connectivity index (χ3n) is 4.33. The summed E-state index contributed by atoms with van der Waals surface area (Å²) in [4.78, 5) is 7.59. The van der Waals surface area contributed by atoms with E-state index < -0.39 is 0 Å². The lowest BCUT2D eigenvalue weighted by Crippen LogP contribution is -2.00. The van der Waals surface area contributed by atoms with Crippen molar-refractivity contribution in [2.24, 2.45) is 0 Å². The van der Waals surface area contributed by atoms with Gasteiger partial charge < -0.3 is 19.8 Å². The molecule has 0 unspecified atom stereocenters. The number of nitriles is 1. The molecule has 2 aromatic heterocycles. The Bertz CT molecular complexity index is 1160. The van der Waals surface area contributed by atoms with Gasteiger partial charge in [0, 0.05) is 23.6 Å². The summed E-state index contributed by atoms with van der Waals surface area (Å²) in [5.74, 6) is 1.24. The second-order valence-electron chi connectivity index (χ2n) is 5.76. The zero-order valence-electron chi connectivity index (χ0n) is 14.3. The summed E-state index contributed by atoms with van der Waals surface area (Å²) in [6, 6.07) is 13.8. The second kappa shape index (κ2) is 6.30. The number of rotatable bonds is 4. The predicted octanol–water partition coefficient (Wildman–Crippen LogP) is 4.35. The molecular weight excluding hydrogens is 328 g/mol. The third kappa shape index (κ3) is 2.47. The molecule has 4 rings (SSSR count). The smallest absolute Gasteiger partial charge is 0.145 e. The van der Waals surface area contributed by atoms with Gasteiger partial charge in [0.1, 0.15) is 23.1 Å². The van der Waals surface area contributed by atoms with E-state index in [1.54, 1.807) is 26.5 Å². The van der Waals surface area contributed by atoms with Crippen molar-refractivity contribution in [2.45, 2.75) is 0 Å². The molecule has 128 valence electrons. The van der Waals surface area contributed by atoms with Crippen LogP contribution in [0.1, 0.15) is 5.56 Å². The topological polar surface area (TPSA) is 83.0 Å². The number of pyridine rings is 1. The van der Waals surface area contributed by atoms with Crippen LogP contribution in [-0.2, 0) is 0 Å². The number of methoxy groups -OCH3 is 2. The quantitative estimate of drug-likeness (QED) is 0.575. The number of anilines is 2. The van der Waals surface area contributed by atoms with Crippen LogP contribution in [0.15, 0.2) is 48.8 Å². The summed E-state index contributed by atoms with van der Waals surface area (Å²) in [5, 5.41) is 14.8. The van der Waals surface area contributed by atoms with Crippen LogP contribution < -0.4 is 14.8 Å². The summed E-state index contributed by atoms with van der Waals surface area (Å²) in [7, 11) is 3.18. The zero-order valence-corrected chi connectivity index (χ0v) is 14.3. The van der Waals surface area contributed by atoms with Gasteiger partial charge in [0.2, 0.25) is 0 Å². The van der Waals surface area contributed by atoms with Crippen molar-refractivity contribution in [2.75, 3.05) is 19.5 Å². The van der Waals surface area contributed by atoms with Gasteiger partial charge in [-0.05, 0) is 35.7 Å². The Kier molecular flexibility index (Phi) is 3.82. The highest BCUT2D eigenvalue weighted by molar-refractivity contribution is 6.03. The van der Waals surface area contributed by atoms with Crippen molar-refractivity contribution in [1.29, 1.82) is 5.26 Å². The zero-order chi connectivity index (χ0) is 18.1. The number of fused-ring (bicyclic) bond motifs is 2. The first-order valence-electron chi connectivity index (χ1n) is 8.03. The Morgan fingerprint density at radius 3 is 2.65 bits per heavy atom. The second-order valence-corrected chi connectivity index (χ2v) is 5.76. The van der Waals surface area contributed by atoms with Gasteiger partial charge in [-0.1, -0.05) is 6.07 Å². The number of hydrogen-bond acceptors (Lipinski definition) is 5. The Balaban J connectivity index is 1.95. The van der Waals surface area contributed by atoms with E-state index in [1.807, 2.05) is 36.5 Å². The number of aromatic nitrogens is 2. The first-order chi connectivity index (χ1) is 12.7. The van der Waals surface area contributed by atoms with Crippen LogP contribution in [0, 0.1) is 11.3 Å². The van der Waals surface area contributed by atoms with Crippen LogP contribution in [0.2, 0.25) is 0 Å². The SMILES string of the molecule is COc1ccc(OC)c2c(Nc3ccc4cc[nH]c4c3)c(C#N)cnc12. The van der Waals surface area contributed by atoms with Crippen molar-refractivity contribution in [3.8, 4) is 17.6 Å². The molecule has 0 fully saturated rings. The average molecular weight is 344 g/mol. The van der Waals surface area contributed by atoms with Gasteiger partial charge in [0.05, 0.1) is 30.9 Å². The van der Waals surface area contributed by atoms with Crippen LogP contribution in [-0.4, -0.2) is 24.2 Å². The van der Waals surface area contributed by atoms with Gasteiger partial charge in [0.15, 0.2) is 0 Å². The maximum Gasteiger partial charge on any atom is 0.145 e. The van der Waals surface area contributed by atoms with Gasteiger partial charge in [-0.2, -0.15) is 5.26 Å². The van der Waals surface area contributed by atoms with E-state index in [2.05, 4.69) is 21.4 Å². The number of benzene rings is 2. The maximum atomic E-state index is 9.58. The molecule has 0 aliphatic heterocycles. The van der Waals surface area contributed by atoms with Crippen LogP contribution in [0.4, 0.5) is 11.4 Å². The van der Waals surface area contributed by atoms with E-state index in [0.717, 1.165) is 16.6 Å². The van der Waals surface area contributed by atoms with E-state index in [9.17, 15) is 5.26 Å². The lowest BCUT2D eigenvalue weighted by Gasteiger charge is -2.15. The van der Waals surface area contributed by atoms with Crippen molar-refractivity contribution in [3.63, 3.8) is 0 Å². The molecule has 2 aromatic carbocycles. The molecule has 6 heteroatoms. The number of ether oxygens (including phenoxy) is 2. The molecule has 0 saturated heterocycles. The summed E-state index contributed by atoms with van der Waals surface area (Å²) in [5.41, 5.74) is 3.56. The van der Waals surface area contributed by atoms with E-state index in [0.29, 0.717) is 33.7 Å². The van der Waals surface area contributed by atoms with Gasteiger partial charge >= 0.3 is 0 Å². The average Bonchev–Trinajstić information content (AvgIpc) is 3.15. The molecule has 4 aromatic rings. The van der Waals surface area contributed by atoms with Gasteiger partial charge in [-0.25, -0.2) is 0 Å². The van der Waals surface area contributed by atoms with Crippen LogP contribution in [0.25, 0.3) is 21.8 Å². The van der Waals surface area contributed by atoms with Gasteiger partial charge in [-0.15, -0.1) is 0 Å². The number of hydrogen-bond donors (Lipinski definition) is 2. The molecule has 0 radical (unpaired) electrons. The Labute approximate surface area is 150 Å². The van der Waals surface area contributed by atoms with E-state index in [-0.39, 0.29) is 0 Å². The molecular formula is C20H16N4O2. The largest absolute Gasteiger partial charge is 0.496 e. The van der Waals surface area contributed by atoms with Crippen molar-refractivity contribution in [3.05, 3.63) is 54.4 Å². The lowest BCUT2D eigenvalue weighted by atomic mass is 10.1. The first kappa shape index (κ1) is 15.8. The number of aromatic amines is 1.